The third-order valence-electron chi connectivity index (χ3n) is 3.89. The van der Waals surface area contributed by atoms with Crippen molar-refractivity contribution in [1.29, 1.82) is 0 Å². The highest BCUT2D eigenvalue weighted by Gasteiger charge is 2.31. The number of fused-ring (bicyclic) bond motifs is 1. The molecule has 20 heavy (non-hydrogen) atoms. The van der Waals surface area contributed by atoms with E-state index in [1.165, 1.54) is 0 Å². The predicted octanol–water partition coefficient (Wildman–Crippen LogP) is 2.56. The lowest BCUT2D eigenvalue weighted by molar-refractivity contribution is 0.0697. The maximum Gasteiger partial charge on any atom is 0.335 e. The van der Waals surface area contributed by atoms with E-state index < -0.39 is 5.97 Å². The predicted molar refractivity (Wildman–Crippen MR) is 75.1 cm³/mol. The zero-order chi connectivity index (χ0) is 14.3. The summed E-state index contributed by atoms with van der Waals surface area (Å²) in [6.07, 6.45) is 2.92. The minimum atomic E-state index is -0.928. The monoisotopic (exact) mass is 274 g/mol. The van der Waals surface area contributed by atoms with Crippen LogP contribution in [-0.4, -0.2) is 32.3 Å². The number of rotatable bonds is 5. The Balaban J connectivity index is 2.17. The van der Waals surface area contributed by atoms with Crippen LogP contribution in [0, 0.1) is 0 Å². The molecule has 3 rings (SSSR count). The smallest absolute Gasteiger partial charge is 0.335 e. The van der Waals surface area contributed by atoms with Crippen LogP contribution < -0.4 is 0 Å². The first-order valence-corrected chi connectivity index (χ1v) is 6.98. The molecule has 0 radical (unpaired) electrons. The van der Waals surface area contributed by atoms with Gasteiger partial charge in [0.05, 0.1) is 16.6 Å². The van der Waals surface area contributed by atoms with E-state index in [2.05, 4.69) is 9.55 Å². The molecule has 1 aliphatic carbocycles. The maximum absolute atomic E-state index is 11.1. The molecule has 0 saturated heterocycles. The fourth-order valence-electron chi connectivity index (χ4n) is 2.65. The van der Waals surface area contributed by atoms with Crippen LogP contribution in [0.4, 0.5) is 0 Å². The molecule has 0 aliphatic heterocycles. The lowest BCUT2D eigenvalue weighted by Crippen LogP contribution is -2.10. The summed E-state index contributed by atoms with van der Waals surface area (Å²) in [6.45, 7) is 2.15. The largest absolute Gasteiger partial charge is 0.478 e. The first kappa shape index (κ1) is 13.1. The number of aromatic carboxylic acids is 1. The molecule has 2 aromatic rings. The number of aliphatic hydroxyl groups excluding tert-OH is 1. The molecule has 106 valence electrons. The van der Waals surface area contributed by atoms with Gasteiger partial charge in [-0.15, -0.1) is 0 Å². The van der Waals surface area contributed by atoms with Gasteiger partial charge in [0.25, 0.3) is 0 Å². The van der Waals surface area contributed by atoms with Gasteiger partial charge >= 0.3 is 5.97 Å². The van der Waals surface area contributed by atoms with Crippen molar-refractivity contribution in [1.82, 2.24) is 9.55 Å². The quantitative estimate of drug-likeness (QED) is 0.878. The number of hydrogen-bond acceptors (Lipinski definition) is 3. The highest BCUT2D eigenvalue weighted by molar-refractivity contribution is 5.92. The third kappa shape index (κ3) is 2.18. The number of hydrogen-bond donors (Lipinski definition) is 2. The van der Waals surface area contributed by atoms with Crippen molar-refractivity contribution in [3.05, 3.63) is 29.6 Å². The second-order valence-electron chi connectivity index (χ2n) is 5.48. The minimum absolute atomic E-state index is 0.115. The van der Waals surface area contributed by atoms with Crippen molar-refractivity contribution in [3.63, 3.8) is 0 Å². The average Bonchev–Trinajstić information content (AvgIpc) is 3.18. The van der Waals surface area contributed by atoms with Crippen LogP contribution in [0.1, 0.15) is 54.3 Å². The normalized spacial score (nSPS) is 16.5. The van der Waals surface area contributed by atoms with Gasteiger partial charge in [-0.3, -0.25) is 0 Å². The second kappa shape index (κ2) is 4.90. The van der Waals surface area contributed by atoms with E-state index in [1.807, 2.05) is 6.92 Å². The highest BCUT2D eigenvalue weighted by Crippen LogP contribution is 2.42. The number of aromatic nitrogens is 2. The molecular formula is C15H18N2O3. The van der Waals surface area contributed by atoms with Crippen molar-refractivity contribution < 1.29 is 15.0 Å². The van der Waals surface area contributed by atoms with E-state index >= 15 is 0 Å². The standard InChI is InChI=1S/C15H18N2O3/c1-9(6-7-18)17-13-8-11(15(19)20)4-5-12(13)16-14(17)10-2-3-10/h4-5,8-10,18H,2-3,6-7H2,1H3,(H,19,20). The van der Waals surface area contributed by atoms with Crippen LogP contribution in [0.25, 0.3) is 11.0 Å². The number of carboxylic acids is 1. The van der Waals surface area contributed by atoms with Crippen LogP contribution in [0.3, 0.4) is 0 Å². The average molecular weight is 274 g/mol. The summed E-state index contributed by atoms with van der Waals surface area (Å²) in [5, 5.41) is 18.3. The molecule has 1 unspecified atom stereocenters. The van der Waals surface area contributed by atoms with Gasteiger partial charge in [-0.1, -0.05) is 0 Å². The number of imidazole rings is 1. The molecule has 1 fully saturated rings. The van der Waals surface area contributed by atoms with Crippen LogP contribution in [0.15, 0.2) is 18.2 Å². The Hall–Kier alpha value is -1.88. The summed E-state index contributed by atoms with van der Waals surface area (Å²) >= 11 is 0. The zero-order valence-corrected chi connectivity index (χ0v) is 11.4. The molecule has 1 aromatic carbocycles. The first-order valence-electron chi connectivity index (χ1n) is 6.98. The van der Waals surface area contributed by atoms with Crippen molar-refractivity contribution in [2.24, 2.45) is 0 Å². The first-order chi connectivity index (χ1) is 9.61. The van der Waals surface area contributed by atoms with Gasteiger partial charge in [0.1, 0.15) is 5.82 Å². The Morgan fingerprint density at radius 3 is 2.85 bits per heavy atom. The molecule has 5 nitrogen and oxygen atoms in total. The third-order valence-corrected chi connectivity index (χ3v) is 3.89. The number of benzene rings is 1. The Kier molecular flexibility index (Phi) is 3.22. The Morgan fingerprint density at radius 2 is 2.25 bits per heavy atom. The second-order valence-corrected chi connectivity index (χ2v) is 5.48. The van der Waals surface area contributed by atoms with Crippen LogP contribution >= 0.6 is 0 Å². The van der Waals surface area contributed by atoms with Crippen molar-refractivity contribution in [3.8, 4) is 0 Å². The maximum atomic E-state index is 11.1. The summed E-state index contributed by atoms with van der Waals surface area (Å²) in [4.78, 5) is 15.8. The highest BCUT2D eigenvalue weighted by atomic mass is 16.4. The van der Waals surface area contributed by atoms with Crippen LogP contribution in [0.5, 0.6) is 0 Å². The molecule has 1 aromatic heterocycles. The van der Waals surface area contributed by atoms with E-state index in [0.29, 0.717) is 12.3 Å². The van der Waals surface area contributed by atoms with E-state index in [1.54, 1.807) is 18.2 Å². The fourth-order valence-corrected chi connectivity index (χ4v) is 2.65. The molecule has 1 saturated carbocycles. The van der Waals surface area contributed by atoms with Crippen molar-refractivity contribution in [2.75, 3.05) is 6.61 Å². The number of carboxylic acid groups (broad SMARTS) is 1. The van der Waals surface area contributed by atoms with E-state index in [0.717, 1.165) is 29.7 Å². The number of nitrogens with zero attached hydrogens (tertiary/aromatic N) is 2. The van der Waals surface area contributed by atoms with Gasteiger partial charge in [-0.2, -0.15) is 0 Å². The Bertz CT molecular complexity index is 658. The van der Waals surface area contributed by atoms with Gasteiger partial charge in [-0.25, -0.2) is 9.78 Å². The molecule has 1 aliphatic rings. The summed E-state index contributed by atoms with van der Waals surface area (Å²) in [5.41, 5.74) is 1.96. The number of aliphatic hydroxyl groups is 1. The van der Waals surface area contributed by atoms with E-state index in [4.69, 9.17) is 10.2 Å². The molecule has 1 atom stereocenters. The van der Waals surface area contributed by atoms with Crippen LogP contribution in [0.2, 0.25) is 0 Å². The summed E-state index contributed by atoms with van der Waals surface area (Å²) < 4.78 is 2.11. The topological polar surface area (TPSA) is 75.3 Å². The van der Waals surface area contributed by atoms with Gasteiger partial charge in [0, 0.05) is 18.6 Å². The molecule has 1 heterocycles. The SMILES string of the molecule is CC(CCO)n1c(C2CC2)nc2ccc(C(=O)O)cc21. The fraction of sp³-hybridized carbons (Fsp3) is 0.467. The lowest BCUT2D eigenvalue weighted by atomic mass is 10.1. The van der Waals surface area contributed by atoms with E-state index in [9.17, 15) is 4.79 Å². The van der Waals surface area contributed by atoms with Crippen molar-refractivity contribution in [2.45, 2.75) is 38.1 Å². The van der Waals surface area contributed by atoms with Gasteiger partial charge < -0.3 is 14.8 Å². The summed E-state index contributed by atoms with van der Waals surface area (Å²) in [5.74, 6) is 0.586. The van der Waals surface area contributed by atoms with Crippen molar-refractivity contribution >= 4 is 17.0 Å². The van der Waals surface area contributed by atoms with E-state index in [-0.39, 0.29) is 18.2 Å². The summed E-state index contributed by atoms with van der Waals surface area (Å²) in [6, 6.07) is 5.16. The number of carbonyl (C=O) groups is 1. The van der Waals surface area contributed by atoms with Gasteiger partial charge in [0.15, 0.2) is 0 Å². The van der Waals surface area contributed by atoms with Gasteiger partial charge in [0.2, 0.25) is 0 Å². The molecule has 0 bridgehead atoms. The zero-order valence-electron chi connectivity index (χ0n) is 11.4. The molecule has 0 spiro atoms. The molecule has 2 N–H and O–H groups in total. The summed E-state index contributed by atoms with van der Waals surface area (Å²) in [7, 11) is 0. The molecule has 5 heteroatoms. The molecular weight excluding hydrogens is 256 g/mol. The Morgan fingerprint density at radius 1 is 1.50 bits per heavy atom. The molecule has 0 amide bonds. The Labute approximate surface area is 116 Å². The van der Waals surface area contributed by atoms with Gasteiger partial charge in [-0.05, 0) is 44.4 Å². The minimum Gasteiger partial charge on any atom is -0.478 e. The lowest BCUT2D eigenvalue weighted by Gasteiger charge is -2.16. The van der Waals surface area contributed by atoms with Crippen LogP contribution in [-0.2, 0) is 0 Å².